The highest BCUT2D eigenvalue weighted by molar-refractivity contribution is 6.79. The fourth-order valence-electron chi connectivity index (χ4n) is 2.81. The molecule has 0 aliphatic heterocycles. The second-order valence-electron chi connectivity index (χ2n) is 9.16. The average Bonchev–Trinajstić information content (AvgIpc) is 1.70. The van der Waals surface area contributed by atoms with E-state index < -0.39 is 24.2 Å². The third kappa shape index (κ3) is 11.1. The summed E-state index contributed by atoms with van der Waals surface area (Å²) in [5, 5.41) is 0. The largest absolute Gasteiger partial charge is 0.0695 e. The van der Waals surface area contributed by atoms with E-state index in [9.17, 15) is 0 Å². The van der Waals surface area contributed by atoms with E-state index in [0.29, 0.717) is 0 Å². The van der Waals surface area contributed by atoms with Crippen molar-refractivity contribution in [3.05, 3.63) is 0 Å². The van der Waals surface area contributed by atoms with Gasteiger partial charge in [0, 0.05) is 24.2 Å². The molecule has 98 valence electrons. The van der Waals surface area contributed by atoms with Crippen molar-refractivity contribution >= 4 is 24.2 Å². The van der Waals surface area contributed by atoms with Crippen LogP contribution in [-0.2, 0) is 0 Å². The Balaban J connectivity index is 4.53. The number of hydrogen-bond acceptors (Lipinski definition) is 0. The van der Waals surface area contributed by atoms with Gasteiger partial charge in [-0.3, -0.25) is 0 Å². The molecule has 0 aromatic heterocycles. The molecule has 0 N–H and O–H groups in total. The van der Waals surface area contributed by atoms with E-state index in [-0.39, 0.29) is 0 Å². The lowest BCUT2D eigenvalue weighted by atomic mass is 10.2. The van der Waals surface area contributed by atoms with Crippen LogP contribution in [0.4, 0.5) is 0 Å². The molecule has 0 amide bonds. The van der Waals surface area contributed by atoms with Gasteiger partial charge in [0.05, 0.1) is 0 Å². The van der Waals surface area contributed by atoms with Crippen LogP contribution in [0.3, 0.4) is 0 Å². The van der Waals surface area contributed by atoms with E-state index in [0.717, 1.165) is 5.92 Å². The molecule has 3 heteroatoms. The Kier molecular flexibility index (Phi) is 5.75. The molecule has 0 aliphatic carbocycles. The van der Waals surface area contributed by atoms with Crippen molar-refractivity contribution in [3.8, 4) is 0 Å². The third-order valence-corrected chi connectivity index (χ3v) is 8.11. The summed E-state index contributed by atoms with van der Waals surface area (Å²) in [5.41, 5.74) is 0. The van der Waals surface area contributed by atoms with Gasteiger partial charge in [0.1, 0.15) is 0 Å². The molecule has 0 unspecified atom stereocenters. The van der Waals surface area contributed by atoms with Gasteiger partial charge in [-0.15, -0.1) is 0 Å². The maximum absolute atomic E-state index is 2.54. The number of rotatable bonds is 6. The highest BCUT2D eigenvalue weighted by Crippen LogP contribution is 2.32. The molecule has 16 heavy (non-hydrogen) atoms. The fraction of sp³-hybridized carbons (Fsp3) is 1.00. The Labute approximate surface area is 107 Å². The van der Waals surface area contributed by atoms with Gasteiger partial charge < -0.3 is 0 Å². The van der Waals surface area contributed by atoms with E-state index in [1.807, 2.05) is 0 Å². The van der Waals surface area contributed by atoms with Crippen LogP contribution in [0.15, 0.2) is 0 Å². The third-order valence-electron chi connectivity index (χ3n) is 2.70. The van der Waals surface area contributed by atoms with Crippen molar-refractivity contribution in [1.29, 1.82) is 0 Å². The van der Waals surface area contributed by atoms with Crippen molar-refractivity contribution < 1.29 is 0 Å². The molecule has 0 atom stereocenters. The van der Waals surface area contributed by atoms with Crippen LogP contribution in [0.1, 0.15) is 0 Å². The van der Waals surface area contributed by atoms with Crippen LogP contribution in [0.5, 0.6) is 0 Å². The van der Waals surface area contributed by atoms with E-state index in [1.165, 1.54) is 0 Å². The molecule has 0 saturated heterocycles. The van der Waals surface area contributed by atoms with E-state index >= 15 is 0 Å². The SMILES string of the molecule is C[Si](C)(C)CC(C[Si](C)(C)C)C[Si](C)(C)C. The molecule has 0 heterocycles. The molecule has 0 aliphatic rings. The van der Waals surface area contributed by atoms with Gasteiger partial charge in [-0.1, -0.05) is 77.1 Å². The van der Waals surface area contributed by atoms with E-state index in [1.54, 1.807) is 18.1 Å². The molecule has 0 aromatic carbocycles. The lowest BCUT2D eigenvalue weighted by molar-refractivity contribution is 0.692. The summed E-state index contributed by atoms with van der Waals surface area (Å²) in [4.78, 5) is 0. The Morgan fingerprint density at radius 1 is 0.500 bits per heavy atom. The second kappa shape index (κ2) is 5.53. The summed E-state index contributed by atoms with van der Waals surface area (Å²) in [7, 11) is -2.63. The quantitative estimate of drug-likeness (QED) is 0.552. The summed E-state index contributed by atoms with van der Waals surface area (Å²) in [6, 6.07) is 4.67. The molecule has 0 saturated carbocycles. The van der Waals surface area contributed by atoms with Crippen molar-refractivity contribution in [2.24, 2.45) is 5.92 Å². The molecule has 0 aromatic rings. The van der Waals surface area contributed by atoms with Crippen LogP contribution in [0.25, 0.3) is 0 Å². The minimum absolute atomic E-state index is 0.875. The molecular weight excluding hydrogens is 240 g/mol. The summed E-state index contributed by atoms with van der Waals surface area (Å²) >= 11 is 0. The minimum atomic E-state index is -0.875. The Morgan fingerprint density at radius 3 is 0.812 bits per heavy atom. The predicted molar refractivity (Wildman–Crippen MR) is 87.9 cm³/mol. The minimum Gasteiger partial charge on any atom is -0.0695 e. The normalized spacial score (nSPS) is 14.6. The lowest BCUT2D eigenvalue weighted by Gasteiger charge is -2.33. The zero-order valence-corrected chi connectivity index (χ0v) is 16.2. The molecule has 0 bridgehead atoms. The molecule has 0 rings (SSSR count). The first-order valence-electron chi connectivity index (χ1n) is 6.79. The monoisotopic (exact) mass is 274 g/mol. The molecule has 0 spiro atoms. The molecule has 0 fully saturated rings. The zero-order valence-electron chi connectivity index (χ0n) is 13.2. The van der Waals surface area contributed by atoms with Crippen molar-refractivity contribution in [2.75, 3.05) is 0 Å². The first-order valence-corrected chi connectivity index (χ1v) is 17.9. The van der Waals surface area contributed by atoms with Crippen LogP contribution < -0.4 is 0 Å². The van der Waals surface area contributed by atoms with E-state index in [2.05, 4.69) is 58.9 Å². The Bertz CT molecular complexity index is 165. The first kappa shape index (κ1) is 16.7. The summed E-state index contributed by atoms with van der Waals surface area (Å²) < 4.78 is 0. The van der Waals surface area contributed by atoms with Gasteiger partial charge >= 0.3 is 0 Å². The van der Waals surface area contributed by atoms with Gasteiger partial charge in [-0.2, -0.15) is 0 Å². The molecule has 0 nitrogen and oxygen atoms in total. The average molecular weight is 275 g/mol. The standard InChI is InChI=1S/C13H34Si3/c1-14(2,3)10-13(11-15(4,5)6)12-16(7,8)9/h13H,10-12H2,1-9H3. The van der Waals surface area contributed by atoms with Gasteiger partial charge in [0.25, 0.3) is 0 Å². The smallest absolute Gasteiger partial charge is 0.0445 e. The second-order valence-corrected chi connectivity index (χ2v) is 25.7. The fourth-order valence-corrected chi connectivity index (χ4v) is 9.74. The molecule has 0 radical (unpaired) electrons. The summed E-state index contributed by atoms with van der Waals surface area (Å²) in [6.45, 7) is 22.8. The van der Waals surface area contributed by atoms with Crippen molar-refractivity contribution in [1.82, 2.24) is 0 Å². The van der Waals surface area contributed by atoms with Gasteiger partial charge in [-0.25, -0.2) is 0 Å². The maximum atomic E-state index is 2.54. The lowest BCUT2D eigenvalue weighted by Crippen LogP contribution is -2.34. The van der Waals surface area contributed by atoms with Gasteiger partial charge in [0.2, 0.25) is 0 Å². The highest BCUT2D eigenvalue weighted by atomic mass is 28.3. The highest BCUT2D eigenvalue weighted by Gasteiger charge is 2.29. The van der Waals surface area contributed by atoms with Gasteiger partial charge in [0.15, 0.2) is 0 Å². The Morgan fingerprint density at radius 2 is 0.688 bits per heavy atom. The van der Waals surface area contributed by atoms with E-state index in [4.69, 9.17) is 0 Å². The molecular formula is C13H34Si3. The zero-order chi connectivity index (χ0) is 13.2. The van der Waals surface area contributed by atoms with Crippen molar-refractivity contribution in [2.45, 2.75) is 77.1 Å². The topological polar surface area (TPSA) is 0 Å². The van der Waals surface area contributed by atoms with Crippen LogP contribution in [0, 0.1) is 5.92 Å². The van der Waals surface area contributed by atoms with Gasteiger partial charge in [-0.05, 0) is 5.92 Å². The Hall–Kier alpha value is 0.651. The first-order chi connectivity index (χ1) is 6.79. The summed E-state index contributed by atoms with van der Waals surface area (Å²) in [6.07, 6.45) is 0. The predicted octanol–water partition coefficient (Wildman–Crippen LogP) is 5.62. The number of hydrogen-bond donors (Lipinski definition) is 0. The van der Waals surface area contributed by atoms with Crippen LogP contribution in [-0.4, -0.2) is 24.2 Å². The van der Waals surface area contributed by atoms with Crippen LogP contribution >= 0.6 is 0 Å². The maximum Gasteiger partial charge on any atom is 0.0445 e. The summed E-state index contributed by atoms with van der Waals surface area (Å²) in [5.74, 6) is 1.05. The van der Waals surface area contributed by atoms with Crippen LogP contribution in [0.2, 0.25) is 77.1 Å². The van der Waals surface area contributed by atoms with Crippen molar-refractivity contribution in [3.63, 3.8) is 0 Å².